The molecule has 1 heterocycles. The number of nitrogens with zero attached hydrogens (tertiary/aromatic N) is 1. The molecule has 4 heteroatoms. The number of ether oxygens (including phenoxy) is 1. The second-order valence-corrected chi connectivity index (χ2v) is 7.24. The average molecular weight is 330 g/mol. The van der Waals surface area contributed by atoms with Crippen LogP contribution in [-0.4, -0.2) is 43.6 Å². The Bertz CT molecular complexity index is 517. The molecule has 0 unspecified atom stereocenters. The lowest BCUT2D eigenvalue weighted by atomic mass is 9.90. The highest BCUT2D eigenvalue weighted by Crippen LogP contribution is 2.25. The Hall–Kier alpha value is -1.55. The molecule has 132 valence electrons. The van der Waals surface area contributed by atoms with Crippen LogP contribution in [-0.2, 0) is 0 Å². The minimum atomic E-state index is 0.112. The third-order valence-electron chi connectivity index (χ3n) is 5.49. The summed E-state index contributed by atoms with van der Waals surface area (Å²) in [5, 5.41) is 3.34. The van der Waals surface area contributed by atoms with Crippen molar-refractivity contribution in [3.8, 4) is 5.75 Å². The smallest absolute Gasteiger partial charge is 0.253 e. The monoisotopic (exact) mass is 330 g/mol. The average Bonchev–Trinajstić information content (AvgIpc) is 2.67. The van der Waals surface area contributed by atoms with Crippen molar-refractivity contribution in [2.24, 2.45) is 5.92 Å². The van der Waals surface area contributed by atoms with E-state index in [1.54, 1.807) is 0 Å². The summed E-state index contributed by atoms with van der Waals surface area (Å²) in [5.41, 5.74) is 0.751. The van der Waals surface area contributed by atoms with Gasteiger partial charge >= 0.3 is 0 Å². The first-order valence-electron chi connectivity index (χ1n) is 9.45. The fraction of sp³-hybridized carbons (Fsp3) is 0.650. The number of hydrogen-bond acceptors (Lipinski definition) is 3. The number of carbonyl (C=O) groups is 1. The largest absolute Gasteiger partial charge is 0.493 e. The summed E-state index contributed by atoms with van der Waals surface area (Å²) >= 11 is 0. The molecule has 0 spiro atoms. The van der Waals surface area contributed by atoms with Crippen LogP contribution in [0, 0.1) is 5.92 Å². The fourth-order valence-corrected chi connectivity index (χ4v) is 3.83. The normalized spacial score (nSPS) is 19.9. The molecule has 1 amide bonds. The zero-order chi connectivity index (χ0) is 16.8. The van der Waals surface area contributed by atoms with Crippen LogP contribution in [0.15, 0.2) is 24.3 Å². The number of benzene rings is 1. The van der Waals surface area contributed by atoms with E-state index in [0.29, 0.717) is 12.0 Å². The number of nitrogens with one attached hydrogen (secondary N) is 1. The molecule has 4 nitrogen and oxygen atoms in total. The van der Waals surface area contributed by atoms with Crippen molar-refractivity contribution in [1.29, 1.82) is 0 Å². The van der Waals surface area contributed by atoms with E-state index in [0.717, 1.165) is 43.9 Å². The van der Waals surface area contributed by atoms with Crippen molar-refractivity contribution in [2.75, 3.05) is 26.7 Å². The van der Waals surface area contributed by atoms with Gasteiger partial charge in [-0.15, -0.1) is 0 Å². The lowest BCUT2D eigenvalue weighted by molar-refractivity contribution is 0.0703. The minimum absolute atomic E-state index is 0.112. The number of piperidine rings is 1. The van der Waals surface area contributed by atoms with E-state index in [4.69, 9.17) is 4.74 Å². The van der Waals surface area contributed by atoms with Crippen LogP contribution in [0.4, 0.5) is 0 Å². The molecule has 2 aliphatic rings. The van der Waals surface area contributed by atoms with E-state index in [9.17, 15) is 4.79 Å². The predicted molar refractivity (Wildman–Crippen MR) is 96.5 cm³/mol. The molecule has 1 saturated carbocycles. The summed E-state index contributed by atoms with van der Waals surface area (Å²) < 4.78 is 5.92. The second kappa shape index (κ2) is 8.52. The molecular weight excluding hydrogens is 300 g/mol. The van der Waals surface area contributed by atoms with Crippen LogP contribution in [0.2, 0.25) is 0 Å². The molecule has 0 atom stereocenters. The molecule has 1 saturated heterocycles. The Morgan fingerprint density at radius 2 is 1.75 bits per heavy atom. The van der Waals surface area contributed by atoms with Gasteiger partial charge in [-0.3, -0.25) is 4.79 Å². The summed E-state index contributed by atoms with van der Waals surface area (Å²) in [6.45, 7) is 2.80. The molecule has 2 fully saturated rings. The molecule has 0 bridgehead atoms. The lowest BCUT2D eigenvalue weighted by Crippen LogP contribution is -2.43. The van der Waals surface area contributed by atoms with Gasteiger partial charge in [-0.2, -0.15) is 0 Å². The third-order valence-corrected chi connectivity index (χ3v) is 5.49. The molecular formula is C20H30N2O2. The van der Waals surface area contributed by atoms with E-state index in [2.05, 4.69) is 5.32 Å². The summed E-state index contributed by atoms with van der Waals surface area (Å²) in [7, 11) is 1.92. The van der Waals surface area contributed by atoms with Gasteiger partial charge in [0.25, 0.3) is 5.91 Å². The number of hydrogen-bond donors (Lipinski definition) is 1. The zero-order valence-electron chi connectivity index (χ0n) is 14.8. The molecule has 1 aliphatic carbocycles. The maximum Gasteiger partial charge on any atom is 0.253 e. The Balaban J connectivity index is 1.52. The molecule has 1 aliphatic heterocycles. The van der Waals surface area contributed by atoms with Gasteiger partial charge < -0.3 is 15.0 Å². The van der Waals surface area contributed by atoms with E-state index >= 15 is 0 Å². The first-order valence-corrected chi connectivity index (χ1v) is 9.45. The second-order valence-electron chi connectivity index (χ2n) is 7.24. The quantitative estimate of drug-likeness (QED) is 0.899. The van der Waals surface area contributed by atoms with Crippen LogP contribution < -0.4 is 10.1 Å². The summed E-state index contributed by atoms with van der Waals surface area (Å²) in [6, 6.07) is 8.02. The van der Waals surface area contributed by atoms with Gasteiger partial charge in [0, 0.05) is 18.7 Å². The number of carbonyl (C=O) groups excluding carboxylic acids is 1. The van der Waals surface area contributed by atoms with Gasteiger partial charge in [0.05, 0.1) is 6.61 Å². The van der Waals surface area contributed by atoms with Gasteiger partial charge in [-0.1, -0.05) is 19.3 Å². The van der Waals surface area contributed by atoms with E-state index in [1.807, 2.05) is 36.2 Å². The van der Waals surface area contributed by atoms with Crippen molar-refractivity contribution in [1.82, 2.24) is 10.2 Å². The molecule has 0 aromatic heterocycles. The molecule has 1 aromatic carbocycles. The van der Waals surface area contributed by atoms with Crippen LogP contribution >= 0.6 is 0 Å². The highest BCUT2D eigenvalue weighted by molar-refractivity contribution is 5.94. The van der Waals surface area contributed by atoms with E-state index in [-0.39, 0.29) is 5.91 Å². The topological polar surface area (TPSA) is 41.6 Å². The van der Waals surface area contributed by atoms with Gasteiger partial charge in [-0.05, 0) is 69.0 Å². The zero-order valence-corrected chi connectivity index (χ0v) is 14.8. The molecule has 1 N–H and O–H groups in total. The van der Waals surface area contributed by atoms with Crippen molar-refractivity contribution in [3.05, 3.63) is 29.8 Å². The Labute approximate surface area is 145 Å². The maximum absolute atomic E-state index is 12.6. The highest BCUT2D eigenvalue weighted by atomic mass is 16.5. The van der Waals surface area contributed by atoms with Gasteiger partial charge in [0.1, 0.15) is 5.75 Å². The van der Waals surface area contributed by atoms with E-state index in [1.165, 1.54) is 32.1 Å². The van der Waals surface area contributed by atoms with E-state index < -0.39 is 0 Å². The molecule has 1 aromatic rings. The first-order chi connectivity index (χ1) is 11.7. The van der Waals surface area contributed by atoms with Crippen molar-refractivity contribution < 1.29 is 9.53 Å². The predicted octanol–water partition coefficient (Wildman–Crippen LogP) is 3.47. The van der Waals surface area contributed by atoms with Crippen LogP contribution in [0.25, 0.3) is 0 Å². The SMILES string of the molecule is CN(C(=O)c1ccc(OCC2CCCCC2)cc1)C1CCNCC1. The fourth-order valence-electron chi connectivity index (χ4n) is 3.83. The number of amides is 1. The Morgan fingerprint density at radius 1 is 1.08 bits per heavy atom. The van der Waals surface area contributed by atoms with Crippen LogP contribution in [0.5, 0.6) is 5.75 Å². The minimum Gasteiger partial charge on any atom is -0.493 e. The highest BCUT2D eigenvalue weighted by Gasteiger charge is 2.22. The van der Waals surface area contributed by atoms with Gasteiger partial charge in [-0.25, -0.2) is 0 Å². The Morgan fingerprint density at radius 3 is 2.42 bits per heavy atom. The van der Waals surface area contributed by atoms with Gasteiger partial charge in [0.2, 0.25) is 0 Å². The molecule has 3 rings (SSSR count). The summed E-state index contributed by atoms with van der Waals surface area (Å²) in [4.78, 5) is 14.5. The standard InChI is InChI=1S/C20H30N2O2/c1-22(18-11-13-21-14-12-18)20(23)17-7-9-19(10-8-17)24-15-16-5-3-2-4-6-16/h7-10,16,18,21H,2-6,11-15H2,1H3. The Kier molecular flexibility index (Phi) is 6.13. The van der Waals surface area contributed by atoms with Crippen LogP contribution in [0.1, 0.15) is 55.3 Å². The lowest BCUT2D eigenvalue weighted by Gasteiger charge is -2.31. The molecule has 0 radical (unpaired) electrons. The van der Waals surface area contributed by atoms with Crippen LogP contribution in [0.3, 0.4) is 0 Å². The van der Waals surface area contributed by atoms with Crippen molar-refractivity contribution >= 4 is 5.91 Å². The van der Waals surface area contributed by atoms with Crippen molar-refractivity contribution in [2.45, 2.75) is 51.0 Å². The maximum atomic E-state index is 12.6. The first kappa shape index (κ1) is 17.3. The summed E-state index contributed by atoms with van der Waals surface area (Å²) in [5.74, 6) is 1.69. The summed E-state index contributed by atoms with van der Waals surface area (Å²) in [6.07, 6.45) is 8.69. The van der Waals surface area contributed by atoms with Crippen molar-refractivity contribution in [3.63, 3.8) is 0 Å². The third kappa shape index (κ3) is 4.50. The number of rotatable bonds is 5. The van der Waals surface area contributed by atoms with Gasteiger partial charge in [0.15, 0.2) is 0 Å². The molecule has 24 heavy (non-hydrogen) atoms.